The van der Waals surface area contributed by atoms with E-state index in [2.05, 4.69) is 5.32 Å². The molecule has 0 aromatic heterocycles. The van der Waals surface area contributed by atoms with E-state index < -0.39 is 0 Å². The summed E-state index contributed by atoms with van der Waals surface area (Å²) in [7, 11) is 0. The lowest BCUT2D eigenvalue weighted by molar-refractivity contribution is -0.134. The highest BCUT2D eigenvalue weighted by atomic mass is 32.2. The quantitative estimate of drug-likeness (QED) is 0.761. The molecule has 0 aromatic carbocycles. The van der Waals surface area contributed by atoms with Crippen molar-refractivity contribution >= 4 is 23.6 Å². The molecule has 1 aliphatic carbocycles. The Kier molecular flexibility index (Phi) is 4.10. The molecule has 1 aliphatic heterocycles. The van der Waals surface area contributed by atoms with Gasteiger partial charge in [-0.1, -0.05) is 6.08 Å². The van der Waals surface area contributed by atoms with Crippen LogP contribution in [0.25, 0.3) is 0 Å². The second-order valence-electron chi connectivity index (χ2n) is 4.51. The third kappa shape index (κ3) is 3.25. The largest absolute Gasteiger partial charge is 0.354 e. The molecule has 2 fully saturated rings. The van der Waals surface area contributed by atoms with E-state index in [1.165, 1.54) is 18.9 Å². The van der Waals surface area contributed by atoms with Gasteiger partial charge >= 0.3 is 0 Å². The van der Waals surface area contributed by atoms with Crippen LogP contribution in [0.1, 0.15) is 19.8 Å². The van der Waals surface area contributed by atoms with Crippen LogP contribution in [0.4, 0.5) is 0 Å². The highest BCUT2D eigenvalue weighted by Crippen LogP contribution is 2.28. The molecule has 1 unspecified atom stereocenters. The summed E-state index contributed by atoms with van der Waals surface area (Å²) in [6.45, 7) is 2.58. The van der Waals surface area contributed by atoms with Crippen LogP contribution in [0.15, 0.2) is 12.2 Å². The first kappa shape index (κ1) is 12.5. The minimum Gasteiger partial charge on any atom is -0.354 e. The van der Waals surface area contributed by atoms with E-state index in [1.807, 2.05) is 6.92 Å². The third-order valence-corrected chi connectivity index (χ3v) is 4.05. The molecule has 1 N–H and O–H groups in total. The van der Waals surface area contributed by atoms with Crippen molar-refractivity contribution in [1.29, 1.82) is 0 Å². The summed E-state index contributed by atoms with van der Waals surface area (Å²) in [5.74, 6) is 1.93. The molecule has 1 heterocycles. The van der Waals surface area contributed by atoms with Crippen molar-refractivity contribution in [3.05, 3.63) is 12.2 Å². The summed E-state index contributed by atoms with van der Waals surface area (Å²) in [6.07, 6.45) is 5.68. The molecule has 5 heteroatoms. The highest BCUT2D eigenvalue weighted by molar-refractivity contribution is 7.99. The minimum atomic E-state index is -0.289. The molecule has 0 bridgehead atoms. The first-order valence-corrected chi connectivity index (χ1v) is 7.16. The molecule has 1 saturated heterocycles. The molecule has 1 atom stereocenters. The van der Waals surface area contributed by atoms with Crippen LogP contribution in [0, 0.1) is 5.92 Å². The highest BCUT2D eigenvalue weighted by Gasteiger charge is 2.34. The molecule has 0 radical (unpaired) electrons. The molecular weight excluding hydrogens is 236 g/mol. The zero-order valence-corrected chi connectivity index (χ0v) is 10.8. The number of nitrogens with zero attached hydrogens (tertiary/aromatic N) is 1. The molecule has 2 amide bonds. The standard InChI is InChI=1S/C12H18N2O2S/c1-2-3-11(15)14-8-17-7-10(14)12(16)13-6-9-4-5-9/h2-3,9-10H,4-8H2,1H3,(H,13,16)/b3-2+. The van der Waals surface area contributed by atoms with Gasteiger partial charge in [0.2, 0.25) is 11.8 Å². The summed E-state index contributed by atoms with van der Waals surface area (Å²) >= 11 is 1.63. The Labute approximate surface area is 106 Å². The minimum absolute atomic E-state index is 0.000229. The molecule has 17 heavy (non-hydrogen) atoms. The van der Waals surface area contributed by atoms with Gasteiger partial charge in [0, 0.05) is 12.3 Å². The summed E-state index contributed by atoms with van der Waals surface area (Å²) in [5, 5.41) is 2.94. The van der Waals surface area contributed by atoms with Gasteiger partial charge in [0.1, 0.15) is 6.04 Å². The molecule has 1 saturated carbocycles. The predicted molar refractivity (Wildman–Crippen MR) is 68.5 cm³/mol. The summed E-state index contributed by atoms with van der Waals surface area (Å²) in [5.41, 5.74) is 0. The topological polar surface area (TPSA) is 49.4 Å². The van der Waals surface area contributed by atoms with Crippen molar-refractivity contribution < 1.29 is 9.59 Å². The van der Waals surface area contributed by atoms with Gasteiger partial charge in [-0.15, -0.1) is 11.8 Å². The Hall–Kier alpha value is -0.970. The smallest absolute Gasteiger partial charge is 0.247 e. The van der Waals surface area contributed by atoms with Gasteiger partial charge in [0.05, 0.1) is 5.88 Å². The maximum absolute atomic E-state index is 12.0. The van der Waals surface area contributed by atoms with Crippen LogP contribution >= 0.6 is 11.8 Å². The number of thioether (sulfide) groups is 1. The number of hydrogen-bond acceptors (Lipinski definition) is 3. The van der Waals surface area contributed by atoms with E-state index in [0.29, 0.717) is 17.5 Å². The molecule has 0 aromatic rings. The van der Waals surface area contributed by atoms with Crippen LogP contribution in [-0.2, 0) is 9.59 Å². The number of allylic oxidation sites excluding steroid dienone is 1. The Morgan fingerprint density at radius 2 is 2.24 bits per heavy atom. The summed E-state index contributed by atoms with van der Waals surface area (Å²) in [4.78, 5) is 25.4. The average molecular weight is 254 g/mol. The fourth-order valence-corrected chi connectivity index (χ4v) is 2.96. The van der Waals surface area contributed by atoms with Crippen LogP contribution in [0.2, 0.25) is 0 Å². The molecular formula is C12H18N2O2S. The summed E-state index contributed by atoms with van der Waals surface area (Å²) in [6, 6.07) is -0.289. The average Bonchev–Trinajstić information content (AvgIpc) is 3.00. The number of carbonyl (C=O) groups excluding carboxylic acids is 2. The van der Waals surface area contributed by atoms with Crippen LogP contribution in [0.5, 0.6) is 0 Å². The first-order valence-electron chi connectivity index (χ1n) is 6.01. The van der Waals surface area contributed by atoms with E-state index in [4.69, 9.17) is 0 Å². The number of hydrogen-bond donors (Lipinski definition) is 1. The maximum atomic E-state index is 12.0. The van der Waals surface area contributed by atoms with Gasteiger partial charge in [-0.2, -0.15) is 0 Å². The third-order valence-electron chi connectivity index (χ3n) is 3.04. The van der Waals surface area contributed by atoms with E-state index in [1.54, 1.807) is 22.7 Å². The number of rotatable bonds is 4. The maximum Gasteiger partial charge on any atom is 0.247 e. The zero-order chi connectivity index (χ0) is 12.3. The van der Waals surface area contributed by atoms with E-state index in [-0.39, 0.29) is 17.9 Å². The van der Waals surface area contributed by atoms with Crippen molar-refractivity contribution in [1.82, 2.24) is 10.2 Å². The Bertz CT molecular complexity index is 339. The van der Waals surface area contributed by atoms with Gasteiger partial charge in [0.15, 0.2) is 0 Å². The van der Waals surface area contributed by atoms with Crippen molar-refractivity contribution in [2.45, 2.75) is 25.8 Å². The van der Waals surface area contributed by atoms with Gasteiger partial charge in [0.25, 0.3) is 0 Å². The lowest BCUT2D eigenvalue weighted by Gasteiger charge is -2.21. The molecule has 0 spiro atoms. The second-order valence-corrected chi connectivity index (χ2v) is 5.51. The normalized spacial score (nSPS) is 24.3. The van der Waals surface area contributed by atoms with E-state index in [0.717, 1.165) is 6.54 Å². The van der Waals surface area contributed by atoms with Crippen LogP contribution in [-0.4, -0.2) is 40.9 Å². The fraction of sp³-hybridized carbons (Fsp3) is 0.667. The number of amides is 2. The van der Waals surface area contributed by atoms with Crippen LogP contribution in [0.3, 0.4) is 0 Å². The van der Waals surface area contributed by atoms with Gasteiger partial charge in [-0.3, -0.25) is 9.59 Å². The summed E-state index contributed by atoms with van der Waals surface area (Å²) < 4.78 is 0. The number of carbonyl (C=O) groups is 2. The predicted octanol–water partition coefficient (Wildman–Crippen LogP) is 0.990. The Morgan fingerprint density at radius 3 is 2.88 bits per heavy atom. The van der Waals surface area contributed by atoms with E-state index in [9.17, 15) is 9.59 Å². The molecule has 2 rings (SSSR count). The second kappa shape index (κ2) is 5.58. The van der Waals surface area contributed by atoms with Gasteiger partial charge < -0.3 is 10.2 Å². The Morgan fingerprint density at radius 1 is 1.47 bits per heavy atom. The number of nitrogens with one attached hydrogen (secondary N) is 1. The van der Waals surface area contributed by atoms with E-state index >= 15 is 0 Å². The van der Waals surface area contributed by atoms with Crippen LogP contribution < -0.4 is 5.32 Å². The molecule has 4 nitrogen and oxygen atoms in total. The van der Waals surface area contributed by atoms with Crippen molar-refractivity contribution in [3.8, 4) is 0 Å². The van der Waals surface area contributed by atoms with Crippen molar-refractivity contribution in [3.63, 3.8) is 0 Å². The fourth-order valence-electron chi connectivity index (χ4n) is 1.80. The van der Waals surface area contributed by atoms with Gasteiger partial charge in [-0.25, -0.2) is 0 Å². The van der Waals surface area contributed by atoms with Gasteiger partial charge in [-0.05, 0) is 31.8 Å². The van der Waals surface area contributed by atoms with Crippen molar-refractivity contribution in [2.75, 3.05) is 18.2 Å². The molecule has 94 valence electrons. The zero-order valence-electron chi connectivity index (χ0n) is 10.0. The first-order chi connectivity index (χ1) is 8.22. The lowest BCUT2D eigenvalue weighted by atomic mass is 10.2. The molecule has 2 aliphatic rings. The Balaban J connectivity index is 1.88. The monoisotopic (exact) mass is 254 g/mol. The lowest BCUT2D eigenvalue weighted by Crippen LogP contribution is -2.47. The van der Waals surface area contributed by atoms with Crippen molar-refractivity contribution in [2.24, 2.45) is 5.92 Å². The SMILES string of the molecule is C/C=C/C(=O)N1CSCC1C(=O)NCC1CC1.